The number of aromatic nitrogens is 3. The van der Waals surface area contributed by atoms with E-state index >= 15 is 0 Å². The molecule has 1 aromatic heterocycles. The number of ether oxygens (including phenoxy) is 3. The number of nitrogens with zero attached hydrogens (tertiary/aromatic N) is 3. The molecule has 0 bridgehead atoms. The van der Waals surface area contributed by atoms with Crippen molar-refractivity contribution >= 4 is 32.3 Å². The Bertz CT molecular complexity index is 1720. The number of hydrogen-bond acceptors (Lipinski definition) is 6. The summed E-state index contributed by atoms with van der Waals surface area (Å²) in [5.74, 6) is 1.85. The molecule has 0 aliphatic heterocycles. The van der Waals surface area contributed by atoms with Gasteiger partial charge in [-0.3, -0.25) is 0 Å². The summed E-state index contributed by atoms with van der Waals surface area (Å²) < 4.78 is 18.6. The van der Waals surface area contributed by atoms with Crippen LogP contribution in [0.3, 0.4) is 0 Å². The van der Waals surface area contributed by atoms with Crippen molar-refractivity contribution in [3.63, 3.8) is 0 Å². The molecule has 6 aromatic carbocycles. The molecule has 1 heterocycles. The zero-order chi connectivity index (χ0) is 26.0. The fraction of sp³-hybridized carbons (Fsp3) is 0. The molecule has 0 aliphatic carbocycles. The Morgan fingerprint density at radius 3 is 0.923 bits per heavy atom. The average Bonchev–Trinajstić information content (AvgIpc) is 2.98. The van der Waals surface area contributed by atoms with Crippen LogP contribution in [0.5, 0.6) is 35.3 Å². The van der Waals surface area contributed by atoms with Gasteiger partial charge in [-0.2, -0.15) is 0 Å². The number of benzene rings is 6. The molecular formula is C33H21N3O3. The zero-order valence-electron chi connectivity index (χ0n) is 20.7. The molecule has 0 N–H and O–H groups in total. The van der Waals surface area contributed by atoms with Crippen molar-refractivity contribution in [1.82, 2.24) is 15.0 Å². The molecule has 0 saturated heterocycles. The predicted octanol–water partition coefficient (Wildman–Crippen LogP) is 8.71. The highest BCUT2D eigenvalue weighted by Crippen LogP contribution is 2.34. The van der Waals surface area contributed by atoms with Crippen LogP contribution in [-0.2, 0) is 0 Å². The number of rotatable bonds is 6. The summed E-state index contributed by atoms with van der Waals surface area (Å²) in [5.41, 5.74) is 0. The summed E-state index contributed by atoms with van der Waals surface area (Å²) in [6.07, 6.45) is 0. The van der Waals surface area contributed by atoms with Crippen LogP contribution in [0, 0.1) is 0 Å². The van der Waals surface area contributed by atoms with E-state index in [2.05, 4.69) is 15.0 Å². The molecule has 0 fully saturated rings. The van der Waals surface area contributed by atoms with Crippen molar-refractivity contribution in [1.29, 1.82) is 0 Å². The molecule has 0 radical (unpaired) electrons. The van der Waals surface area contributed by atoms with Gasteiger partial charge in [-0.1, -0.05) is 109 Å². The Labute approximate surface area is 224 Å². The highest BCUT2D eigenvalue weighted by atomic mass is 16.5. The lowest BCUT2D eigenvalue weighted by atomic mass is 10.1. The summed E-state index contributed by atoms with van der Waals surface area (Å²) in [5, 5.41) is 5.95. The molecule has 7 aromatic rings. The SMILES string of the molecule is c1ccc2c(Oc3nc(Oc4cccc5ccccc45)nc(Oc4cccc5ccccc45)n3)cccc2c1. The van der Waals surface area contributed by atoms with Crippen molar-refractivity contribution in [2.75, 3.05) is 0 Å². The van der Waals surface area contributed by atoms with E-state index in [1.54, 1.807) is 0 Å². The Kier molecular flexibility index (Phi) is 5.68. The third-order valence-corrected chi connectivity index (χ3v) is 6.43. The molecule has 6 heteroatoms. The van der Waals surface area contributed by atoms with Gasteiger partial charge in [0, 0.05) is 16.2 Å². The van der Waals surface area contributed by atoms with Gasteiger partial charge >= 0.3 is 18.0 Å². The molecule has 39 heavy (non-hydrogen) atoms. The van der Waals surface area contributed by atoms with Crippen LogP contribution in [0.1, 0.15) is 0 Å². The lowest BCUT2D eigenvalue weighted by molar-refractivity contribution is 0.366. The molecule has 0 aliphatic rings. The minimum atomic E-state index is 0.0619. The summed E-state index contributed by atoms with van der Waals surface area (Å²) in [7, 11) is 0. The maximum absolute atomic E-state index is 6.20. The van der Waals surface area contributed by atoms with Gasteiger partial charge in [0.15, 0.2) is 0 Å². The molecule has 7 rings (SSSR count). The van der Waals surface area contributed by atoms with Crippen molar-refractivity contribution in [3.8, 4) is 35.3 Å². The van der Waals surface area contributed by atoms with Crippen LogP contribution in [0.25, 0.3) is 32.3 Å². The van der Waals surface area contributed by atoms with E-state index in [-0.39, 0.29) is 18.0 Å². The van der Waals surface area contributed by atoms with E-state index in [1.807, 2.05) is 127 Å². The van der Waals surface area contributed by atoms with Crippen LogP contribution < -0.4 is 14.2 Å². The first-order valence-electron chi connectivity index (χ1n) is 12.5. The van der Waals surface area contributed by atoms with Crippen LogP contribution in [0.15, 0.2) is 127 Å². The highest BCUT2D eigenvalue weighted by Gasteiger charge is 2.16. The lowest BCUT2D eigenvalue weighted by Gasteiger charge is -2.12. The van der Waals surface area contributed by atoms with E-state index < -0.39 is 0 Å². The third-order valence-electron chi connectivity index (χ3n) is 6.43. The Balaban J connectivity index is 1.32. The summed E-state index contributed by atoms with van der Waals surface area (Å²) >= 11 is 0. The van der Waals surface area contributed by atoms with E-state index in [9.17, 15) is 0 Å². The standard InChI is InChI=1S/C33H21N3O3/c1-4-16-25-22(10-1)13-7-19-28(25)37-31-34-32(38-29-20-8-14-23-11-2-5-17-26(23)29)36-33(35-31)39-30-21-9-15-24-12-3-6-18-27(24)30/h1-21H. The van der Waals surface area contributed by atoms with Crippen LogP contribution in [0.4, 0.5) is 0 Å². The maximum atomic E-state index is 6.20. The van der Waals surface area contributed by atoms with Crippen molar-refractivity contribution in [3.05, 3.63) is 127 Å². The van der Waals surface area contributed by atoms with Crippen molar-refractivity contribution in [2.24, 2.45) is 0 Å². The maximum Gasteiger partial charge on any atom is 0.331 e. The Morgan fingerprint density at radius 1 is 0.308 bits per heavy atom. The zero-order valence-corrected chi connectivity index (χ0v) is 20.7. The summed E-state index contributed by atoms with van der Waals surface area (Å²) in [6.45, 7) is 0. The first-order valence-corrected chi connectivity index (χ1v) is 12.5. The summed E-state index contributed by atoms with van der Waals surface area (Å²) in [4.78, 5) is 13.5. The fourth-order valence-electron chi connectivity index (χ4n) is 4.61. The van der Waals surface area contributed by atoms with Crippen LogP contribution in [0.2, 0.25) is 0 Å². The molecular weight excluding hydrogens is 486 g/mol. The Hall–Kier alpha value is -5.49. The highest BCUT2D eigenvalue weighted by molar-refractivity contribution is 5.90. The van der Waals surface area contributed by atoms with Crippen LogP contribution in [-0.4, -0.2) is 15.0 Å². The molecule has 6 nitrogen and oxygen atoms in total. The van der Waals surface area contributed by atoms with Gasteiger partial charge < -0.3 is 14.2 Å². The van der Waals surface area contributed by atoms with Gasteiger partial charge in [-0.05, 0) is 34.4 Å². The van der Waals surface area contributed by atoms with Crippen molar-refractivity contribution < 1.29 is 14.2 Å². The van der Waals surface area contributed by atoms with E-state index in [4.69, 9.17) is 14.2 Å². The minimum Gasteiger partial charge on any atom is -0.423 e. The fourth-order valence-corrected chi connectivity index (χ4v) is 4.61. The Morgan fingerprint density at radius 2 is 0.590 bits per heavy atom. The molecule has 186 valence electrons. The normalized spacial score (nSPS) is 11.1. The number of hydrogen-bond donors (Lipinski definition) is 0. The molecule has 0 amide bonds. The van der Waals surface area contributed by atoms with E-state index in [0.717, 1.165) is 32.3 Å². The third kappa shape index (κ3) is 4.55. The minimum absolute atomic E-state index is 0.0619. The second-order valence-electron chi connectivity index (χ2n) is 8.92. The monoisotopic (exact) mass is 507 g/mol. The van der Waals surface area contributed by atoms with Gasteiger partial charge in [0.2, 0.25) is 0 Å². The lowest BCUT2D eigenvalue weighted by Crippen LogP contribution is -2.02. The smallest absolute Gasteiger partial charge is 0.331 e. The largest absolute Gasteiger partial charge is 0.423 e. The predicted molar refractivity (Wildman–Crippen MR) is 152 cm³/mol. The quantitative estimate of drug-likeness (QED) is 0.224. The van der Waals surface area contributed by atoms with E-state index in [0.29, 0.717) is 17.2 Å². The molecule has 0 atom stereocenters. The van der Waals surface area contributed by atoms with Gasteiger partial charge in [-0.15, -0.1) is 15.0 Å². The topological polar surface area (TPSA) is 66.4 Å². The molecule has 0 saturated carbocycles. The van der Waals surface area contributed by atoms with Gasteiger partial charge in [0.25, 0.3) is 0 Å². The van der Waals surface area contributed by atoms with Crippen LogP contribution >= 0.6 is 0 Å². The van der Waals surface area contributed by atoms with Gasteiger partial charge in [-0.25, -0.2) is 0 Å². The van der Waals surface area contributed by atoms with Gasteiger partial charge in [0.1, 0.15) is 17.2 Å². The number of fused-ring (bicyclic) bond motifs is 3. The van der Waals surface area contributed by atoms with Gasteiger partial charge in [0.05, 0.1) is 0 Å². The molecule has 0 spiro atoms. The van der Waals surface area contributed by atoms with Crippen molar-refractivity contribution in [2.45, 2.75) is 0 Å². The first-order chi connectivity index (χ1) is 19.3. The average molecular weight is 508 g/mol. The van der Waals surface area contributed by atoms with E-state index in [1.165, 1.54) is 0 Å². The summed E-state index contributed by atoms with van der Waals surface area (Å²) in [6, 6.07) is 41.6. The second-order valence-corrected chi connectivity index (χ2v) is 8.92. The molecule has 0 unspecified atom stereocenters. The first kappa shape index (κ1) is 22.7. The second kappa shape index (κ2) is 9.76.